The summed E-state index contributed by atoms with van der Waals surface area (Å²) in [6, 6.07) is 7.69. The molecule has 0 saturated carbocycles. The molecule has 14 heteroatoms. The molecule has 7 rings (SSSR count). The molecule has 238 valence electrons. The first-order valence-corrected chi connectivity index (χ1v) is 15.8. The zero-order chi connectivity index (χ0) is 32.2. The smallest absolute Gasteiger partial charge is 0.319 e. The van der Waals surface area contributed by atoms with Gasteiger partial charge in [-0.1, -0.05) is 18.7 Å². The van der Waals surface area contributed by atoms with Crippen molar-refractivity contribution >= 4 is 44.1 Å². The highest BCUT2D eigenvalue weighted by molar-refractivity contribution is 7.17. The lowest BCUT2D eigenvalue weighted by atomic mass is 9.95. The Balaban J connectivity index is 1.31. The molecule has 3 fully saturated rings. The molecule has 0 spiro atoms. The number of ether oxygens (including phenoxy) is 1. The van der Waals surface area contributed by atoms with Crippen molar-refractivity contribution in [3.8, 4) is 23.3 Å². The second-order valence-electron chi connectivity index (χ2n) is 12.0. The maximum atomic E-state index is 16.6. The number of fused-ring (bicyclic) bond motifs is 3. The number of carbonyl (C=O) groups excluding carboxylic acids is 1. The summed E-state index contributed by atoms with van der Waals surface area (Å²) >= 11 is 0.948. The van der Waals surface area contributed by atoms with E-state index >= 15 is 4.39 Å². The number of carbonyl (C=O) groups is 1. The molecular weight excluding hydrogens is 622 g/mol. The van der Waals surface area contributed by atoms with Crippen molar-refractivity contribution in [2.75, 3.05) is 44.2 Å². The first kappa shape index (κ1) is 30.3. The third-order valence-corrected chi connectivity index (χ3v) is 10.2. The van der Waals surface area contributed by atoms with Gasteiger partial charge in [0.05, 0.1) is 29.5 Å². The van der Waals surface area contributed by atoms with Crippen molar-refractivity contribution in [2.24, 2.45) is 0 Å². The molecule has 0 N–H and O–H groups in total. The molecule has 1 aromatic carbocycles. The molecule has 0 aliphatic carbocycles. The lowest BCUT2D eigenvalue weighted by molar-refractivity contribution is -0.131. The van der Waals surface area contributed by atoms with Crippen LogP contribution in [0.15, 0.2) is 42.9 Å². The molecule has 0 bridgehead atoms. The van der Waals surface area contributed by atoms with Crippen molar-refractivity contribution < 1.29 is 27.1 Å². The van der Waals surface area contributed by atoms with Gasteiger partial charge in [0.2, 0.25) is 0 Å². The van der Waals surface area contributed by atoms with Gasteiger partial charge in [0.1, 0.15) is 29.8 Å². The third kappa shape index (κ3) is 5.21. The van der Waals surface area contributed by atoms with E-state index < -0.39 is 40.4 Å². The van der Waals surface area contributed by atoms with Crippen molar-refractivity contribution in [1.29, 1.82) is 5.26 Å². The van der Waals surface area contributed by atoms with Crippen LogP contribution >= 0.6 is 11.3 Å². The highest BCUT2D eigenvalue weighted by Crippen LogP contribution is 2.41. The van der Waals surface area contributed by atoms with Crippen molar-refractivity contribution in [3.63, 3.8) is 0 Å². The molecule has 4 aromatic rings. The Hall–Kier alpha value is -4.35. The Labute approximate surface area is 265 Å². The predicted molar refractivity (Wildman–Crippen MR) is 165 cm³/mol. The van der Waals surface area contributed by atoms with Crippen LogP contribution in [0.4, 0.5) is 23.4 Å². The maximum Gasteiger partial charge on any atom is 0.319 e. The first-order valence-electron chi connectivity index (χ1n) is 15.0. The van der Waals surface area contributed by atoms with Gasteiger partial charge < -0.3 is 14.5 Å². The van der Waals surface area contributed by atoms with Gasteiger partial charge >= 0.3 is 6.01 Å². The normalized spacial score (nSPS) is 23.2. The van der Waals surface area contributed by atoms with Gasteiger partial charge in [0, 0.05) is 54.4 Å². The van der Waals surface area contributed by atoms with Crippen LogP contribution in [-0.4, -0.2) is 87.7 Å². The summed E-state index contributed by atoms with van der Waals surface area (Å²) < 4.78 is 65.8. The monoisotopic (exact) mass is 651 g/mol. The molecule has 3 aliphatic heterocycles. The molecule has 3 saturated heterocycles. The largest absolute Gasteiger partial charge is 0.461 e. The van der Waals surface area contributed by atoms with Gasteiger partial charge in [-0.3, -0.25) is 14.7 Å². The van der Waals surface area contributed by atoms with Crippen molar-refractivity contribution in [2.45, 2.75) is 43.4 Å². The number of hydrogen-bond acceptors (Lipinski definition) is 9. The summed E-state index contributed by atoms with van der Waals surface area (Å²) in [5, 5.41) is 9.83. The Morgan fingerprint density at radius 1 is 1.20 bits per heavy atom. The minimum absolute atomic E-state index is 0.0256. The van der Waals surface area contributed by atoms with E-state index in [1.165, 1.54) is 17.2 Å². The van der Waals surface area contributed by atoms with Crippen molar-refractivity contribution in [1.82, 2.24) is 24.8 Å². The van der Waals surface area contributed by atoms with Gasteiger partial charge in [0.15, 0.2) is 16.8 Å². The number of aromatic nitrogens is 3. The third-order valence-electron chi connectivity index (χ3n) is 9.26. The van der Waals surface area contributed by atoms with E-state index in [9.17, 15) is 23.2 Å². The summed E-state index contributed by atoms with van der Waals surface area (Å²) in [6.45, 7) is 4.66. The van der Waals surface area contributed by atoms with Crippen LogP contribution < -0.4 is 9.64 Å². The summed E-state index contributed by atoms with van der Waals surface area (Å²) in [5.74, 6) is -2.51. The highest BCUT2D eigenvalue weighted by Gasteiger charge is 2.49. The van der Waals surface area contributed by atoms with Gasteiger partial charge in [-0.2, -0.15) is 19.6 Å². The molecule has 0 unspecified atom stereocenters. The molecule has 3 aromatic heterocycles. The lowest BCUT2D eigenvalue weighted by Gasteiger charge is -2.41. The van der Waals surface area contributed by atoms with Crippen LogP contribution in [0.25, 0.3) is 32.2 Å². The highest BCUT2D eigenvalue weighted by atomic mass is 32.1. The number of alkyl halides is 1. The van der Waals surface area contributed by atoms with Gasteiger partial charge in [-0.05, 0) is 31.5 Å². The van der Waals surface area contributed by atoms with E-state index in [0.29, 0.717) is 28.6 Å². The molecule has 0 radical (unpaired) electrons. The average Bonchev–Trinajstić information content (AvgIpc) is 3.70. The SMILES string of the molecule is C=C(F)C(=O)N1CCN(c2nc(OC[C@@]34CCCN3C[C@H](F)C4)nc3c(F)c(-c4cccc5sc(F)cc45)ncc23)C[C@@H]1CC#N. The fourth-order valence-corrected chi connectivity index (χ4v) is 7.96. The van der Waals surface area contributed by atoms with Crippen LogP contribution in [0.2, 0.25) is 0 Å². The number of rotatable bonds is 7. The number of benzene rings is 1. The lowest BCUT2D eigenvalue weighted by Crippen LogP contribution is -2.55. The van der Waals surface area contributed by atoms with Crippen LogP contribution in [0, 0.1) is 22.3 Å². The van der Waals surface area contributed by atoms with E-state index in [0.717, 1.165) is 30.7 Å². The number of pyridine rings is 1. The van der Waals surface area contributed by atoms with E-state index in [1.807, 2.05) is 6.07 Å². The molecule has 1 amide bonds. The Bertz CT molecular complexity index is 1910. The first-order chi connectivity index (χ1) is 22.2. The summed E-state index contributed by atoms with van der Waals surface area (Å²) in [5.41, 5.74) is -0.215. The second kappa shape index (κ2) is 11.8. The molecule has 3 aliphatic rings. The number of nitrogens with zero attached hydrogens (tertiary/aromatic N) is 7. The van der Waals surface area contributed by atoms with Gasteiger partial charge in [0.25, 0.3) is 5.91 Å². The Morgan fingerprint density at radius 3 is 2.85 bits per heavy atom. The van der Waals surface area contributed by atoms with Crippen LogP contribution in [0.1, 0.15) is 25.7 Å². The number of amides is 1. The summed E-state index contributed by atoms with van der Waals surface area (Å²) in [6.07, 6.45) is 2.38. The second-order valence-corrected chi connectivity index (χ2v) is 13.0. The van der Waals surface area contributed by atoms with Crippen molar-refractivity contribution in [3.05, 3.63) is 53.8 Å². The minimum atomic E-state index is -1.12. The topological polar surface area (TPSA) is 98.5 Å². The number of piperazine rings is 1. The zero-order valence-corrected chi connectivity index (χ0v) is 25.5. The van der Waals surface area contributed by atoms with Gasteiger partial charge in [-0.15, -0.1) is 11.3 Å². The molecule has 9 nitrogen and oxygen atoms in total. The number of hydrogen-bond donors (Lipinski definition) is 0. The quantitative estimate of drug-likeness (QED) is 0.190. The fourth-order valence-electron chi connectivity index (χ4n) is 7.15. The maximum absolute atomic E-state index is 16.6. The Morgan fingerprint density at radius 2 is 2.04 bits per heavy atom. The standard InChI is InChI=1S/C32H29F4N7O2S/c1-18(33)30(44)43-11-10-41(16-20(43)6-8-37)29-23-14-38-27(21-4-2-5-24-22(21)12-25(35)46-24)26(36)28(23)39-31(40-29)45-17-32-7-3-9-42(32)15-19(34)13-32/h2,4-5,12,14,19-20H,1,3,6-7,9-11,13,15-17H2/t19-,20+,32+/m1/s1. The van der Waals surface area contributed by atoms with Crippen LogP contribution in [0.3, 0.4) is 0 Å². The summed E-state index contributed by atoms with van der Waals surface area (Å²) in [7, 11) is 0. The summed E-state index contributed by atoms with van der Waals surface area (Å²) in [4.78, 5) is 31.2. The zero-order valence-electron chi connectivity index (χ0n) is 24.7. The van der Waals surface area contributed by atoms with E-state index in [-0.39, 0.29) is 61.1 Å². The van der Waals surface area contributed by atoms with Gasteiger partial charge in [-0.25, -0.2) is 13.2 Å². The molecule has 6 heterocycles. The fraction of sp³-hybridized carbons (Fsp3) is 0.406. The van der Waals surface area contributed by atoms with E-state index in [1.54, 1.807) is 23.1 Å². The number of thiophene rings is 1. The van der Waals surface area contributed by atoms with E-state index in [4.69, 9.17) is 4.74 Å². The predicted octanol–water partition coefficient (Wildman–Crippen LogP) is 5.55. The minimum Gasteiger partial charge on any atom is -0.461 e. The van der Waals surface area contributed by atoms with Crippen LogP contribution in [-0.2, 0) is 4.79 Å². The molecular formula is C32H29F4N7O2S. The number of halogens is 4. The molecule has 3 atom stereocenters. The Kier molecular flexibility index (Phi) is 7.76. The number of anilines is 1. The van der Waals surface area contributed by atoms with E-state index in [2.05, 4.69) is 26.4 Å². The number of nitriles is 1. The average molecular weight is 652 g/mol. The van der Waals surface area contributed by atoms with Crippen LogP contribution in [0.5, 0.6) is 6.01 Å². The molecule has 46 heavy (non-hydrogen) atoms.